The first-order chi connectivity index (χ1) is 32.2. The van der Waals surface area contributed by atoms with Gasteiger partial charge in [-0.05, 0) is 133 Å². The Hall–Kier alpha value is -8.38. The summed E-state index contributed by atoms with van der Waals surface area (Å²) in [6.07, 6.45) is 0. The Morgan fingerprint density at radius 1 is 0.246 bits per heavy atom. The van der Waals surface area contributed by atoms with Gasteiger partial charge in [0, 0.05) is 87.8 Å². The van der Waals surface area contributed by atoms with E-state index in [2.05, 4.69) is 274 Å². The zero-order chi connectivity index (χ0) is 43.1. The van der Waals surface area contributed by atoms with Crippen molar-refractivity contribution in [3.63, 3.8) is 0 Å². The number of rotatable bonds is 10. The highest BCUT2D eigenvalue weighted by molar-refractivity contribution is 7.25. The van der Waals surface area contributed by atoms with E-state index < -0.39 is 0 Å². The topological polar surface area (TPSA) is 14.7 Å². The van der Waals surface area contributed by atoms with Crippen molar-refractivity contribution in [3.05, 3.63) is 255 Å². The molecule has 308 valence electrons. The van der Waals surface area contributed by atoms with Crippen LogP contribution in [0.5, 0.6) is 0 Å². The molecule has 0 unspecified atom stereocenters. The number of benzene rings is 10. The van der Waals surface area contributed by atoms with Crippen molar-refractivity contribution in [1.82, 2.24) is 4.57 Å². The summed E-state index contributed by atoms with van der Waals surface area (Å²) in [6, 6.07) is 91.7. The molecule has 0 saturated heterocycles. The molecule has 0 aliphatic heterocycles. The summed E-state index contributed by atoms with van der Waals surface area (Å²) >= 11 is 1.85. The molecule has 12 aromatic rings. The molecule has 0 saturated carbocycles. The molecular weight excluding hydrogens is 809 g/mol. The third-order valence-electron chi connectivity index (χ3n) is 12.3. The fourth-order valence-electron chi connectivity index (χ4n) is 9.39. The van der Waals surface area contributed by atoms with Gasteiger partial charge in [0.05, 0.1) is 11.0 Å². The number of para-hydroxylation sites is 6. The average Bonchev–Trinajstić information content (AvgIpc) is 3.90. The molecule has 0 N–H and O–H groups in total. The summed E-state index contributed by atoms with van der Waals surface area (Å²) in [7, 11) is 0. The summed E-state index contributed by atoms with van der Waals surface area (Å²) in [6.45, 7) is 0. The first-order valence-electron chi connectivity index (χ1n) is 22.0. The van der Waals surface area contributed by atoms with Gasteiger partial charge in [-0.1, -0.05) is 121 Å². The van der Waals surface area contributed by atoms with Crippen LogP contribution >= 0.6 is 11.3 Å². The Morgan fingerprint density at radius 2 is 0.631 bits per heavy atom. The van der Waals surface area contributed by atoms with Crippen molar-refractivity contribution >= 4 is 105 Å². The van der Waals surface area contributed by atoms with Crippen LogP contribution < -0.4 is 14.7 Å². The highest BCUT2D eigenvalue weighted by atomic mass is 32.1. The highest BCUT2D eigenvalue weighted by Gasteiger charge is 2.21. The van der Waals surface area contributed by atoms with E-state index in [1.165, 1.54) is 30.9 Å². The molecule has 0 aliphatic carbocycles. The van der Waals surface area contributed by atoms with Gasteiger partial charge in [-0.3, -0.25) is 0 Å². The van der Waals surface area contributed by atoms with Gasteiger partial charge in [0.25, 0.3) is 0 Å². The van der Waals surface area contributed by atoms with Crippen LogP contribution in [0.1, 0.15) is 0 Å². The van der Waals surface area contributed by atoms with Crippen LogP contribution in [0.3, 0.4) is 0 Å². The molecule has 0 fully saturated rings. The minimum Gasteiger partial charge on any atom is -0.310 e. The molecule has 0 atom stereocenters. The van der Waals surface area contributed by atoms with E-state index in [0.717, 1.165) is 67.9 Å². The quantitative estimate of drug-likeness (QED) is 0.136. The van der Waals surface area contributed by atoms with Gasteiger partial charge >= 0.3 is 0 Å². The molecule has 10 aromatic carbocycles. The lowest BCUT2D eigenvalue weighted by Crippen LogP contribution is -2.10. The molecule has 2 aromatic heterocycles. The SMILES string of the molecule is c1ccc(N(c2ccccc2)c2ccc3c(c2)sc2ccc(N(c4ccccc4)c4ccc5c6cc(N(c7ccccc7)c7ccccc7)ccc6n(-c6ccccc6)c5c4)cc23)cc1. The first-order valence-corrected chi connectivity index (χ1v) is 22.8. The van der Waals surface area contributed by atoms with Crippen LogP contribution in [0.15, 0.2) is 255 Å². The van der Waals surface area contributed by atoms with Crippen molar-refractivity contribution in [1.29, 1.82) is 0 Å². The number of hydrogen-bond donors (Lipinski definition) is 0. The smallest absolute Gasteiger partial charge is 0.0561 e. The normalized spacial score (nSPS) is 11.4. The molecule has 2 heterocycles. The summed E-state index contributed by atoms with van der Waals surface area (Å²) < 4.78 is 4.93. The van der Waals surface area contributed by atoms with Gasteiger partial charge in [0.15, 0.2) is 0 Å². The van der Waals surface area contributed by atoms with Gasteiger partial charge in [0.2, 0.25) is 0 Å². The number of hydrogen-bond acceptors (Lipinski definition) is 4. The first kappa shape index (κ1) is 38.3. The highest BCUT2D eigenvalue weighted by Crippen LogP contribution is 2.45. The number of anilines is 9. The van der Waals surface area contributed by atoms with Gasteiger partial charge < -0.3 is 19.3 Å². The van der Waals surface area contributed by atoms with Crippen molar-refractivity contribution in [2.24, 2.45) is 0 Å². The van der Waals surface area contributed by atoms with Gasteiger partial charge in [-0.25, -0.2) is 0 Å². The predicted octanol–water partition coefficient (Wildman–Crippen LogP) is 17.6. The van der Waals surface area contributed by atoms with Crippen LogP contribution in [0.25, 0.3) is 47.7 Å². The van der Waals surface area contributed by atoms with E-state index in [4.69, 9.17) is 0 Å². The Labute approximate surface area is 382 Å². The Kier molecular flexibility index (Phi) is 9.66. The van der Waals surface area contributed by atoms with E-state index in [-0.39, 0.29) is 0 Å². The van der Waals surface area contributed by atoms with E-state index in [1.54, 1.807) is 0 Å². The molecule has 5 heteroatoms. The van der Waals surface area contributed by atoms with Gasteiger partial charge in [0.1, 0.15) is 0 Å². The van der Waals surface area contributed by atoms with E-state index in [9.17, 15) is 0 Å². The maximum Gasteiger partial charge on any atom is 0.0561 e. The second-order valence-corrected chi connectivity index (χ2v) is 17.3. The summed E-state index contributed by atoms with van der Waals surface area (Å²) in [5.41, 5.74) is 13.4. The second kappa shape index (κ2) is 16.4. The maximum absolute atomic E-state index is 2.41. The number of fused-ring (bicyclic) bond motifs is 6. The Balaban J connectivity index is 1.01. The van der Waals surface area contributed by atoms with Crippen LogP contribution in [0, 0.1) is 0 Å². The Bertz CT molecular complexity index is 3510. The zero-order valence-electron chi connectivity index (χ0n) is 35.4. The maximum atomic E-state index is 2.41. The molecule has 0 radical (unpaired) electrons. The molecule has 12 rings (SSSR count). The second-order valence-electron chi connectivity index (χ2n) is 16.2. The van der Waals surface area contributed by atoms with E-state index in [1.807, 2.05) is 11.3 Å². The standard InChI is InChI=1S/C60H42N4S/c1-7-19-43(20-8-1)61(44-21-9-2-10-22-44)49-33-37-57-55(39-49)53-35-31-51(41-58(53)64(57)48-29-17-6-18-30-48)63(47-27-15-5-16-28-47)50-34-38-59-56(40-50)54-36-32-52(42-60(54)65-59)62(45-23-11-3-12-24-45)46-25-13-4-14-26-46/h1-42H. The van der Waals surface area contributed by atoms with Gasteiger partial charge in [-0.2, -0.15) is 0 Å². The van der Waals surface area contributed by atoms with E-state index in [0.29, 0.717) is 0 Å². The number of nitrogens with zero attached hydrogens (tertiary/aromatic N) is 4. The molecule has 0 bridgehead atoms. The fourth-order valence-corrected chi connectivity index (χ4v) is 10.5. The van der Waals surface area contributed by atoms with Crippen molar-refractivity contribution < 1.29 is 0 Å². The van der Waals surface area contributed by atoms with Crippen LogP contribution in [0.2, 0.25) is 0 Å². The summed E-state index contributed by atoms with van der Waals surface area (Å²) in [5.74, 6) is 0. The fraction of sp³-hybridized carbons (Fsp3) is 0. The lowest BCUT2D eigenvalue weighted by Gasteiger charge is -2.26. The van der Waals surface area contributed by atoms with Gasteiger partial charge in [-0.15, -0.1) is 11.3 Å². The molecular formula is C60H42N4S. The van der Waals surface area contributed by atoms with Crippen LogP contribution in [-0.4, -0.2) is 4.57 Å². The minimum atomic E-state index is 1.08. The number of aromatic nitrogens is 1. The van der Waals surface area contributed by atoms with Crippen molar-refractivity contribution in [2.45, 2.75) is 0 Å². The van der Waals surface area contributed by atoms with Crippen molar-refractivity contribution in [2.75, 3.05) is 14.7 Å². The molecule has 65 heavy (non-hydrogen) atoms. The van der Waals surface area contributed by atoms with Crippen molar-refractivity contribution in [3.8, 4) is 5.69 Å². The molecule has 4 nitrogen and oxygen atoms in total. The van der Waals surface area contributed by atoms with Crippen LogP contribution in [0.4, 0.5) is 51.2 Å². The molecule has 0 aliphatic rings. The average molecular weight is 851 g/mol. The van der Waals surface area contributed by atoms with E-state index >= 15 is 0 Å². The lowest BCUT2D eigenvalue weighted by molar-refractivity contribution is 1.18. The predicted molar refractivity (Wildman–Crippen MR) is 278 cm³/mol. The number of thiophene rings is 1. The Morgan fingerprint density at radius 3 is 1.14 bits per heavy atom. The largest absolute Gasteiger partial charge is 0.310 e. The molecule has 0 amide bonds. The summed E-state index contributed by atoms with van der Waals surface area (Å²) in [5, 5.41) is 4.88. The lowest BCUT2D eigenvalue weighted by atomic mass is 10.1. The third-order valence-corrected chi connectivity index (χ3v) is 13.4. The summed E-state index contributed by atoms with van der Waals surface area (Å²) in [4.78, 5) is 7.07. The van der Waals surface area contributed by atoms with Crippen LogP contribution in [-0.2, 0) is 0 Å². The zero-order valence-corrected chi connectivity index (χ0v) is 36.3. The third kappa shape index (κ3) is 6.96. The minimum absolute atomic E-state index is 1.08. The monoisotopic (exact) mass is 850 g/mol. The molecule has 0 spiro atoms.